The van der Waals surface area contributed by atoms with Crippen molar-refractivity contribution >= 4 is 52.5 Å². The number of amidine groups is 1. The van der Waals surface area contributed by atoms with Gasteiger partial charge in [-0.1, -0.05) is 66.2 Å². The van der Waals surface area contributed by atoms with Crippen molar-refractivity contribution in [3.8, 4) is 0 Å². The molecular formula is C17H17Cl3N2S. The molecule has 0 fully saturated rings. The summed E-state index contributed by atoms with van der Waals surface area (Å²) in [6.45, 7) is 2.13. The normalized spacial score (nSPS) is 19.7. The van der Waals surface area contributed by atoms with Crippen LogP contribution in [0.15, 0.2) is 53.5 Å². The van der Waals surface area contributed by atoms with Gasteiger partial charge in [-0.2, -0.15) is 0 Å². The van der Waals surface area contributed by atoms with Crippen LogP contribution in [-0.2, 0) is 0 Å². The van der Waals surface area contributed by atoms with E-state index in [0.717, 1.165) is 26.5 Å². The molecule has 0 amide bonds. The van der Waals surface area contributed by atoms with E-state index >= 15 is 0 Å². The minimum Gasteiger partial charge on any atom is -0.356 e. The number of thioether (sulfide) groups is 1. The summed E-state index contributed by atoms with van der Waals surface area (Å²) in [7, 11) is 0. The van der Waals surface area contributed by atoms with Crippen molar-refractivity contribution in [2.24, 2.45) is 4.99 Å². The Labute approximate surface area is 157 Å². The fourth-order valence-electron chi connectivity index (χ4n) is 2.53. The minimum atomic E-state index is 0. The lowest BCUT2D eigenvalue weighted by molar-refractivity contribution is 0.573. The lowest BCUT2D eigenvalue weighted by Gasteiger charge is -2.19. The van der Waals surface area contributed by atoms with E-state index in [1.165, 1.54) is 5.56 Å². The molecule has 6 heteroatoms. The molecular weight excluding hydrogens is 371 g/mol. The maximum absolute atomic E-state index is 6.00. The summed E-state index contributed by atoms with van der Waals surface area (Å²) in [5, 5.41) is 6.00. The van der Waals surface area contributed by atoms with Gasteiger partial charge in [0.15, 0.2) is 5.17 Å². The summed E-state index contributed by atoms with van der Waals surface area (Å²) in [5.41, 5.74) is 2.34. The summed E-state index contributed by atoms with van der Waals surface area (Å²) < 4.78 is 0. The van der Waals surface area contributed by atoms with Gasteiger partial charge in [0.25, 0.3) is 0 Å². The van der Waals surface area contributed by atoms with Crippen molar-refractivity contribution in [3.63, 3.8) is 0 Å². The summed E-state index contributed by atoms with van der Waals surface area (Å²) in [6, 6.07) is 16.0. The van der Waals surface area contributed by atoms with Crippen molar-refractivity contribution in [1.29, 1.82) is 0 Å². The van der Waals surface area contributed by atoms with E-state index in [1.807, 2.05) is 36.4 Å². The van der Waals surface area contributed by atoms with Crippen LogP contribution in [0, 0.1) is 0 Å². The molecule has 3 rings (SSSR count). The third-order valence-corrected chi connectivity index (χ3v) is 4.86. The van der Waals surface area contributed by atoms with Gasteiger partial charge in [-0.3, -0.25) is 4.99 Å². The van der Waals surface area contributed by atoms with Gasteiger partial charge in [0, 0.05) is 10.0 Å². The van der Waals surface area contributed by atoms with E-state index < -0.39 is 0 Å². The summed E-state index contributed by atoms with van der Waals surface area (Å²) >= 11 is 13.7. The smallest absolute Gasteiger partial charge is 0.157 e. The van der Waals surface area contributed by atoms with Crippen LogP contribution in [0.3, 0.4) is 0 Å². The zero-order chi connectivity index (χ0) is 15.5. The molecule has 1 aliphatic rings. The highest BCUT2D eigenvalue weighted by atomic mass is 35.5. The number of halogens is 3. The first-order valence-electron chi connectivity index (χ1n) is 7.15. The second-order valence-corrected chi connectivity index (χ2v) is 7.16. The van der Waals surface area contributed by atoms with Gasteiger partial charge in [-0.25, -0.2) is 0 Å². The molecule has 0 bridgehead atoms. The molecule has 2 nitrogen and oxygen atoms in total. The first kappa shape index (κ1) is 18.5. The third kappa shape index (κ3) is 4.36. The Morgan fingerprint density at radius 1 is 0.957 bits per heavy atom. The predicted molar refractivity (Wildman–Crippen MR) is 104 cm³/mol. The second kappa shape index (κ2) is 8.29. The molecule has 0 saturated carbocycles. The van der Waals surface area contributed by atoms with Gasteiger partial charge in [0.2, 0.25) is 0 Å². The van der Waals surface area contributed by atoms with Crippen LogP contribution in [0.5, 0.6) is 0 Å². The molecule has 122 valence electrons. The zero-order valence-corrected chi connectivity index (χ0v) is 15.6. The SMILES string of the molecule is CCSC1=N[C@@H](c2ccc(Cl)cc2)[C@@H](c2ccc(Cl)cc2)N1.Cl. The Morgan fingerprint density at radius 2 is 1.48 bits per heavy atom. The number of hydrogen-bond acceptors (Lipinski definition) is 3. The average molecular weight is 388 g/mol. The first-order chi connectivity index (χ1) is 10.7. The van der Waals surface area contributed by atoms with E-state index in [4.69, 9.17) is 28.2 Å². The van der Waals surface area contributed by atoms with E-state index in [0.29, 0.717) is 0 Å². The molecule has 0 saturated heterocycles. The maximum atomic E-state index is 6.00. The van der Waals surface area contributed by atoms with Gasteiger partial charge in [0.1, 0.15) is 6.04 Å². The zero-order valence-electron chi connectivity index (χ0n) is 12.5. The van der Waals surface area contributed by atoms with E-state index in [9.17, 15) is 0 Å². The van der Waals surface area contributed by atoms with Gasteiger partial charge in [-0.15, -0.1) is 12.4 Å². The van der Waals surface area contributed by atoms with Crippen molar-refractivity contribution in [2.75, 3.05) is 5.75 Å². The van der Waals surface area contributed by atoms with E-state index in [1.54, 1.807) is 11.8 Å². The Hall–Kier alpha value is -0.870. The summed E-state index contributed by atoms with van der Waals surface area (Å²) in [4.78, 5) is 4.85. The maximum Gasteiger partial charge on any atom is 0.157 e. The quantitative estimate of drug-likeness (QED) is 0.708. The van der Waals surface area contributed by atoms with Crippen molar-refractivity contribution in [3.05, 3.63) is 69.7 Å². The average Bonchev–Trinajstić information content (AvgIpc) is 2.93. The molecule has 0 radical (unpaired) electrons. The number of nitrogens with one attached hydrogen (secondary N) is 1. The highest BCUT2D eigenvalue weighted by Crippen LogP contribution is 2.38. The molecule has 0 aliphatic carbocycles. The molecule has 2 atom stereocenters. The standard InChI is InChI=1S/C17H16Cl2N2S.ClH/c1-2-22-17-20-15(11-3-7-13(18)8-4-11)16(21-17)12-5-9-14(19)10-6-12;/h3-10,15-16H,2H2,1H3,(H,20,21);1H/t15-,16+;. The monoisotopic (exact) mass is 386 g/mol. The summed E-state index contributed by atoms with van der Waals surface area (Å²) in [6.07, 6.45) is 0. The van der Waals surface area contributed by atoms with Crippen LogP contribution in [0.25, 0.3) is 0 Å². The molecule has 0 aromatic heterocycles. The van der Waals surface area contributed by atoms with E-state index in [2.05, 4.69) is 24.4 Å². The fraction of sp³-hybridized carbons (Fsp3) is 0.235. The number of benzene rings is 2. The minimum absolute atomic E-state index is 0. The van der Waals surface area contributed by atoms with Crippen molar-refractivity contribution in [2.45, 2.75) is 19.0 Å². The van der Waals surface area contributed by atoms with Crippen LogP contribution in [0.4, 0.5) is 0 Å². The highest BCUT2D eigenvalue weighted by molar-refractivity contribution is 8.13. The Bertz CT molecular complexity index is 671. The van der Waals surface area contributed by atoms with Crippen molar-refractivity contribution < 1.29 is 0 Å². The summed E-state index contributed by atoms with van der Waals surface area (Å²) in [5.74, 6) is 0.993. The lowest BCUT2D eigenvalue weighted by Crippen LogP contribution is -2.22. The van der Waals surface area contributed by atoms with Gasteiger partial charge < -0.3 is 5.32 Å². The third-order valence-electron chi connectivity index (χ3n) is 3.57. The van der Waals surface area contributed by atoms with Crippen LogP contribution in [-0.4, -0.2) is 10.9 Å². The van der Waals surface area contributed by atoms with Gasteiger partial charge >= 0.3 is 0 Å². The Kier molecular flexibility index (Phi) is 6.66. The number of rotatable bonds is 3. The Morgan fingerprint density at radius 3 is 2.00 bits per heavy atom. The Balaban J connectivity index is 0.00000192. The predicted octanol–water partition coefficient (Wildman–Crippen LogP) is 5.91. The molecule has 0 spiro atoms. The van der Waals surface area contributed by atoms with Crippen LogP contribution >= 0.6 is 47.4 Å². The molecule has 0 unspecified atom stereocenters. The van der Waals surface area contributed by atoms with Gasteiger partial charge in [0.05, 0.1) is 6.04 Å². The van der Waals surface area contributed by atoms with E-state index in [-0.39, 0.29) is 24.5 Å². The fourth-order valence-corrected chi connectivity index (χ4v) is 3.45. The highest BCUT2D eigenvalue weighted by Gasteiger charge is 2.31. The van der Waals surface area contributed by atoms with Crippen LogP contribution in [0.1, 0.15) is 30.1 Å². The van der Waals surface area contributed by atoms with Gasteiger partial charge in [-0.05, 0) is 41.1 Å². The number of hydrogen-bond donors (Lipinski definition) is 1. The molecule has 1 aliphatic heterocycles. The molecule has 2 aromatic carbocycles. The molecule has 2 aromatic rings. The largest absolute Gasteiger partial charge is 0.356 e. The molecule has 1 N–H and O–H groups in total. The van der Waals surface area contributed by atoms with Crippen LogP contribution in [0.2, 0.25) is 10.0 Å². The topological polar surface area (TPSA) is 24.4 Å². The van der Waals surface area contributed by atoms with Crippen LogP contribution < -0.4 is 5.32 Å². The molecule has 23 heavy (non-hydrogen) atoms. The van der Waals surface area contributed by atoms with Crippen molar-refractivity contribution in [1.82, 2.24) is 5.32 Å². The lowest BCUT2D eigenvalue weighted by atomic mass is 9.95. The number of nitrogens with zero attached hydrogens (tertiary/aromatic N) is 1. The molecule has 1 heterocycles. The second-order valence-electron chi connectivity index (χ2n) is 5.04. The number of aliphatic imine (C=N–C) groups is 1. The first-order valence-corrected chi connectivity index (χ1v) is 8.89.